The molecule has 1 aromatic carbocycles. The molecule has 4 rings (SSSR count). The minimum atomic E-state index is -0.786. The van der Waals surface area contributed by atoms with Gasteiger partial charge < -0.3 is 19.3 Å². The van der Waals surface area contributed by atoms with Crippen LogP contribution in [0.25, 0.3) is 0 Å². The molecule has 0 saturated heterocycles. The van der Waals surface area contributed by atoms with E-state index in [4.69, 9.17) is 14.2 Å². The van der Waals surface area contributed by atoms with Gasteiger partial charge in [0, 0.05) is 30.9 Å². The van der Waals surface area contributed by atoms with Crippen LogP contribution >= 0.6 is 0 Å². The lowest BCUT2D eigenvalue weighted by Crippen LogP contribution is -2.43. The van der Waals surface area contributed by atoms with Gasteiger partial charge in [-0.3, -0.25) is 4.79 Å². The maximum atomic E-state index is 13.1. The van der Waals surface area contributed by atoms with Crippen molar-refractivity contribution >= 4 is 5.78 Å². The molecule has 1 heterocycles. The molecule has 5 nitrogen and oxygen atoms in total. The molecule has 182 valence electrons. The van der Waals surface area contributed by atoms with Crippen molar-refractivity contribution in [3.05, 3.63) is 35.1 Å². The fourth-order valence-corrected chi connectivity index (χ4v) is 5.99. The number of ketones is 1. The van der Waals surface area contributed by atoms with Gasteiger partial charge in [-0.25, -0.2) is 0 Å². The predicted octanol–water partition coefficient (Wildman–Crippen LogP) is 6.07. The van der Waals surface area contributed by atoms with Crippen LogP contribution in [0.1, 0.15) is 97.1 Å². The number of carbonyl (C=O) groups excluding carboxylic acids is 1. The monoisotopic (exact) mass is 456 g/mol. The van der Waals surface area contributed by atoms with Gasteiger partial charge >= 0.3 is 0 Å². The van der Waals surface area contributed by atoms with Crippen LogP contribution in [0.3, 0.4) is 0 Å². The van der Waals surface area contributed by atoms with Crippen molar-refractivity contribution in [3.8, 4) is 11.5 Å². The molecule has 5 heteroatoms. The van der Waals surface area contributed by atoms with Gasteiger partial charge in [-0.05, 0) is 56.1 Å². The van der Waals surface area contributed by atoms with Crippen molar-refractivity contribution in [1.29, 1.82) is 0 Å². The number of aliphatic hydroxyl groups is 1. The minimum absolute atomic E-state index is 0.0241. The number of ether oxygens (including phenoxy) is 3. The summed E-state index contributed by atoms with van der Waals surface area (Å²) in [6, 6.07) is 4.03. The molecule has 2 aliphatic carbocycles. The normalized spacial score (nSPS) is 24.3. The molecule has 1 N–H and O–H groups in total. The lowest BCUT2D eigenvalue weighted by Gasteiger charge is -2.40. The zero-order valence-electron chi connectivity index (χ0n) is 21.1. The SMILES string of the molecule is CC(C)OC1=CC(=O)[C@H]([C@@H](O)Cc2ccc3c(c2C(C)C)OC2(CCCCC2)O3)C(C)(C)C1. The molecular weight excluding hydrogens is 416 g/mol. The van der Waals surface area contributed by atoms with E-state index in [1.165, 1.54) is 6.42 Å². The summed E-state index contributed by atoms with van der Waals surface area (Å²) in [7, 11) is 0. The number of benzene rings is 1. The first-order valence-corrected chi connectivity index (χ1v) is 12.6. The second-order valence-electron chi connectivity index (χ2n) is 11.4. The molecular formula is C28H40O5. The number of hydrogen-bond acceptors (Lipinski definition) is 5. The first-order valence-electron chi connectivity index (χ1n) is 12.6. The fourth-order valence-electron chi connectivity index (χ4n) is 5.99. The lowest BCUT2D eigenvalue weighted by molar-refractivity contribution is -0.129. The summed E-state index contributed by atoms with van der Waals surface area (Å²) in [4.78, 5) is 13.1. The Morgan fingerprint density at radius 1 is 1.09 bits per heavy atom. The largest absolute Gasteiger partial charge is 0.495 e. The third-order valence-corrected chi connectivity index (χ3v) is 7.31. The molecule has 0 aromatic heterocycles. The second kappa shape index (κ2) is 8.98. The van der Waals surface area contributed by atoms with Crippen molar-refractivity contribution in [3.63, 3.8) is 0 Å². The van der Waals surface area contributed by atoms with E-state index in [1.807, 2.05) is 39.8 Å². The maximum Gasteiger partial charge on any atom is 0.251 e. The van der Waals surface area contributed by atoms with Crippen LogP contribution in [-0.2, 0) is 16.0 Å². The number of fused-ring (bicyclic) bond motifs is 1. The molecule has 1 spiro atoms. The summed E-state index contributed by atoms with van der Waals surface area (Å²) in [6.45, 7) is 12.3. The van der Waals surface area contributed by atoms with E-state index < -0.39 is 23.2 Å². The molecule has 2 atom stereocenters. The van der Waals surface area contributed by atoms with Crippen molar-refractivity contribution < 1.29 is 24.1 Å². The van der Waals surface area contributed by atoms with E-state index in [0.29, 0.717) is 18.6 Å². The summed E-state index contributed by atoms with van der Waals surface area (Å²) in [5, 5.41) is 11.3. The number of hydrogen-bond donors (Lipinski definition) is 1. The molecule has 0 bridgehead atoms. The molecule has 1 aliphatic heterocycles. The van der Waals surface area contributed by atoms with Crippen LogP contribution in [0.4, 0.5) is 0 Å². The number of allylic oxidation sites excluding steroid dienone is 2. The third-order valence-electron chi connectivity index (χ3n) is 7.31. The average Bonchev–Trinajstić information content (AvgIpc) is 3.03. The summed E-state index contributed by atoms with van der Waals surface area (Å²) in [5.41, 5.74) is 1.73. The Morgan fingerprint density at radius 3 is 2.39 bits per heavy atom. The van der Waals surface area contributed by atoms with E-state index in [2.05, 4.69) is 13.8 Å². The van der Waals surface area contributed by atoms with E-state index in [-0.39, 0.29) is 17.8 Å². The molecule has 0 radical (unpaired) electrons. The van der Waals surface area contributed by atoms with Gasteiger partial charge in [0.15, 0.2) is 17.3 Å². The summed E-state index contributed by atoms with van der Waals surface area (Å²) >= 11 is 0. The molecule has 3 aliphatic rings. The van der Waals surface area contributed by atoms with Crippen LogP contribution in [0.5, 0.6) is 11.5 Å². The maximum absolute atomic E-state index is 13.1. The van der Waals surface area contributed by atoms with Crippen molar-refractivity contribution in [2.24, 2.45) is 11.3 Å². The van der Waals surface area contributed by atoms with E-state index in [9.17, 15) is 9.90 Å². The van der Waals surface area contributed by atoms with E-state index in [1.54, 1.807) is 6.08 Å². The van der Waals surface area contributed by atoms with E-state index in [0.717, 1.165) is 48.3 Å². The average molecular weight is 457 g/mol. The highest BCUT2D eigenvalue weighted by Gasteiger charge is 2.46. The molecule has 33 heavy (non-hydrogen) atoms. The Morgan fingerprint density at radius 2 is 1.79 bits per heavy atom. The topological polar surface area (TPSA) is 65.0 Å². The van der Waals surface area contributed by atoms with Crippen LogP contribution in [0.2, 0.25) is 0 Å². The molecule has 0 unspecified atom stereocenters. The van der Waals surface area contributed by atoms with Gasteiger partial charge in [-0.2, -0.15) is 0 Å². The molecule has 1 aromatic rings. The summed E-state index contributed by atoms with van der Waals surface area (Å²) in [5.74, 6) is 1.51. The summed E-state index contributed by atoms with van der Waals surface area (Å²) in [6.07, 6.45) is 7.16. The number of aliphatic hydroxyl groups excluding tert-OH is 1. The van der Waals surface area contributed by atoms with E-state index >= 15 is 0 Å². The van der Waals surface area contributed by atoms with Gasteiger partial charge in [0.1, 0.15) is 5.76 Å². The highest BCUT2D eigenvalue weighted by Crippen LogP contribution is 2.50. The highest BCUT2D eigenvalue weighted by molar-refractivity contribution is 5.94. The van der Waals surface area contributed by atoms with Gasteiger partial charge in [0.2, 0.25) is 0 Å². The van der Waals surface area contributed by atoms with Crippen molar-refractivity contribution in [2.45, 2.75) is 110 Å². The Bertz CT molecular complexity index is 920. The third kappa shape index (κ3) is 4.80. The van der Waals surface area contributed by atoms with Gasteiger partial charge in [-0.15, -0.1) is 0 Å². The van der Waals surface area contributed by atoms with Gasteiger partial charge in [0.05, 0.1) is 18.1 Å². The first kappa shape index (κ1) is 24.1. The fraction of sp³-hybridized carbons (Fsp3) is 0.679. The van der Waals surface area contributed by atoms with Crippen LogP contribution in [-0.4, -0.2) is 28.9 Å². The Balaban J connectivity index is 1.59. The zero-order valence-corrected chi connectivity index (χ0v) is 21.1. The van der Waals surface area contributed by atoms with Gasteiger partial charge in [0.25, 0.3) is 5.79 Å². The van der Waals surface area contributed by atoms with Crippen LogP contribution in [0.15, 0.2) is 24.0 Å². The zero-order chi connectivity index (χ0) is 24.0. The highest BCUT2D eigenvalue weighted by atomic mass is 16.7. The molecule has 1 fully saturated rings. The molecule has 0 amide bonds. The second-order valence-corrected chi connectivity index (χ2v) is 11.4. The lowest BCUT2D eigenvalue weighted by atomic mass is 9.67. The summed E-state index contributed by atoms with van der Waals surface area (Å²) < 4.78 is 18.7. The Labute approximate surface area is 198 Å². The first-order chi connectivity index (χ1) is 15.5. The van der Waals surface area contributed by atoms with Crippen LogP contribution in [0, 0.1) is 11.3 Å². The number of rotatable bonds is 6. The molecule has 1 saturated carbocycles. The Hall–Kier alpha value is -2.01. The van der Waals surface area contributed by atoms with Crippen molar-refractivity contribution in [2.75, 3.05) is 0 Å². The van der Waals surface area contributed by atoms with Crippen molar-refractivity contribution in [1.82, 2.24) is 0 Å². The van der Waals surface area contributed by atoms with Crippen LogP contribution < -0.4 is 9.47 Å². The Kier molecular flexibility index (Phi) is 6.56. The standard InChI is InChI=1S/C28H40O5/c1-17(2)24-19(10-11-23-26(24)33-28(32-23)12-8-7-9-13-28)14-21(29)25-22(30)15-20(31-18(3)4)16-27(25,5)6/h10-11,15,17-18,21,25,29H,7-9,12-14,16H2,1-6H3/t21-,25-/m0/s1. The minimum Gasteiger partial charge on any atom is -0.495 e. The van der Waals surface area contributed by atoms with Gasteiger partial charge in [-0.1, -0.05) is 40.2 Å². The predicted molar refractivity (Wildman–Crippen MR) is 129 cm³/mol. The number of carbonyl (C=O) groups is 1. The quantitative estimate of drug-likeness (QED) is 0.563. The smallest absolute Gasteiger partial charge is 0.251 e.